The molecule has 0 atom stereocenters. The number of fused-ring (bicyclic) bond motifs is 13. The minimum Gasteiger partial charge on any atom is -0.277 e. The Labute approximate surface area is 311 Å². The summed E-state index contributed by atoms with van der Waals surface area (Å²) < 4.78 is 7.27. The van der Waals surface area contributed by atoms with E-state index in [2.05, 4.69) is 168 Å². The molecule has 0 aliphatic rings. The minimum absolute atomic E-state index is 0.679. The van der Waals surface area contributed by atoms with Gasteiger partial charge in [-0.15, -0.1) is 22.7 Å². The maximum absolute atomic E-state index is 5.55. The SMILES string of the molecule is c1ccc(-c2nc(-n3c4c(-c5cccc6c5sc5ccc7ccccc7c56)cccc4c4ccc5ccccc5c43)nc3c2sc2ccccc23)cc1. The number of hydrogen-bond donors (Lipinski definition) is 0. The van der Waals surface area contributed by atoms with Crippen LogP contribution in [-0.4, -0.2) is 14.5 Å². The molecule has 0 saturated heterocycles. The zero-order valence-electron chi connectivity index (χ0n) is 28.2. The van der Waals surface area contributed by atoms with Gasteiger partial charge >= 0.3 is 0 Å². The van der Waals surface area contributed by atoms with E-state index in [1.165, 1.54) is 68.3 Å². The number of thiophene rings is 2. The van der Waals surface area contributed by atoms with Crippen LogP contribution in [0.25, 0.3) is 112 Å². The fraction of sp³-hybridized carbons (Fsp3) is 0. The van der Waals surface area contributed by atoms with Crippen molar-refractivity contribution in [2.24, 2.45) is 0 Å². The zero-order chi connectivity index (χ0) is 34.6. The average Bonchev–Trinajstić information content (AvgIpc) is 3.91. The summed E-state index contributed by atoms with van der Waals surface area (Å²) in [5.41, 5.74) is 7.66. The molecule has 12 rings (SSSR count). The summed E-state index contributed by atoms with van der Waals surface area (Å²) in [7, 11) is 0. The molecule has 8 aromatic carbocycles. The Morgan fingerprint density at radius 3 is 1.91 bits per heavy atom. The van der Waals surface area contributed by atoms with E-state index in [4.69, 9.17) is 9.97 Å². The lowest BCUT2D eigenvalue weighted by Gasteiger charge is -2.13. The van der Waals surface area contributed by atoms with Crippen LogP contribution >= 0.6 is 22.7 Å². The molecule has 0 aliphatic carbocycles. The first-order chi connectivity index (χ1) is 26.3. The molecule has 4 aromatic heterocycles. The lowest BCUT2D eigenvalue weighted by Crippen LogP contribution is -2.04. The van der Waals surface area contributed by atoms with E-state index in [9.17, 15) is 0 Å². The number of hydrogen-bond acceptors (Lipinski definition) is 4. The van der Waals surface area contributed by atoms with Crippen molar-refractivity contribution in [3.8, 4) is 28.3 Å². The molecule has 4 heterocycles. The maximum atomic E-state index is 5.55. The normalized spacial score (nSPS) is 12.2. The van der Waals surface area contributed by atoms with Gasteiger partial charge in [0, 0.05) is 63.1 Å². The van der Waals surface area contributed by atoms with Crippen LogP contribution in [0.4, 0.5) is 0 Å². The van der Waals surface area contributed by atoms with Crippen LogP contribution in [0.3, 0.4) is 0 Å². The Kier molecular flexibility index (Phi) is 6.09. The van der Waals surface area contributed by atoms with E-state index < -0.39 is 0 Å². The van der Waals surface area contributed by atoms with Crippen LogP contribution in [-0.2, 0) is 0 Å². The Balaban J connectivity index is 1.26. The molecule has 0 spiro atoms. The van der Waals surface area contributed by atoms with Gasteiger partial charge in [-0.05, 0) is 28.3 Å². The van der Waals surface area contributed by atoms with Crippen molar-refractivity contribution >= 4 is 106 Å². The van der Waals surface area contributed by atoms with E-state index in [1.54, 1.807) is 11.3 Å². The topological polar surface area (TPSA) is 30.7 Å². The monoisotopic (exact) mass is 709 g/mol. The standard InChI is InChI=1S/C48H27N3S2/c1-2-14-30(15-3-1)42-47-43(37-18-8-9-23-39(37)52-47)50-48(49-42)51-44-32-17-7-5-13-29(32)24-26-35(44)33-19-10-20-34(45(33)51)36-21-11-22-38-41-31-16-6-4-12-28(31)25-27-40(41)53-46(36)38/h1-27H. The van der Waals surface area contributed by atoms with Crippen molar-refractivity contribution in [2.75, 3.05) is 0 Å². The second-order valence-electron chi connectivity index (χ2n) is 13.7. The van der Waals surface area contributed by atoms with Crippen molar-refractivity contribution in [1.29, 1.82) is 0 Å². The molecule has 0 N–H and O–H groups in total. The predicted molar refractivity (Wildman–Crippen MR) is 228 cm³/mol. The van der Waals surface area contributed by atoms with Crippen molar-refractivity contribution in [3.05, 3.63) is 164 Å². The molecule has 5 heteroatoms. The summed E-state index contributed by atoms with van der Waals surface area (Å²) in [6, 6.07) is 59.2. The molecule has 3 nitrogen and oxygen atoms in total. The summed E-state index contributed by atoms with van der Waals surface area (Å²) in [5, 5.41) is 11.1. The van der Waals surface area contributed by atoms with Gasteiger partial charge in [0.05, 0.1) is 26.9 Å². The fourth-order valence-corrected chi connectivity index (χ4v) is 10.9. The van der Waals surface area contributed by atoms with Gasteiger partial charge in [0.2, 0.25) is 5.95 Å². The molecule has 0 bridgehead atoms. The molecule has 0 radical (unpaired) electrons. The number of rotatable bonds is 3. The van der Waals surface area contributed by atoms with Gasteiger partial charge in [0.1, 0.15) is 0 Å². The number of nitrogens with zero attached hydrogens (tertiary/aromatic N) is 3. The van der Waals surface area contributed by atoms with Gasteiger partial charge in [0.25, 0.3) is 0 Å². The van der Waals surface area contributed by atoms with Crippen molar-refractivity contribution in [3.63, 3.8) is 0 Å². The van der Waals surface area contributed by atoms with Crippen LogP contribution < -0.4 is 0 Å². The Hall–Kier alpha value is -6.40. The molecule has 0 aliphatic heterocycles. The third kappa shape index (κ3) is 4.15. The number of benzene rings is 8. The van der Waals surface area contributed by atoms with Crippen molar-refractivity contribution in [1.82, 2.24) is 14.5 Å². The van der Waals surface area contributed by atoms with Gasteiger partial charge in [-0.1, -0.05) is 152 Å². The Morgan fingerprint density at radius 2 is 1.04 bits per heavy atom. The maximum Gasteiger partial charge on any atom is 0.235 e. The Morgan fingerprint density at radius 1 is 0.396 bits per heavy atom. The quantitative estimate of drug-likeness (QED) is 0.183. The predicted octanol–water partition coefficient (Wildman–Crippen LogP) is 13.9. The van der Waals surface area contributed by atoms with E-state index >= 15 is 0 Å². The van der Waals surface area contributed by atoms with Gasteiger partial charge in [-0.3, -0.25) is 4.57 Å². The lowest BCUT2D eigenvalue weighted by molar-refractivity contribution is 1.02. The molecule has 0 fully saturated rings. The minimum atomic E-state index is 0.679. The summed E-state index contributed by atoms with van der Waals surface area (Å²) in [5.74, 6) is 0.679. The van der Waals surface area contributed by atoms with Crippen LogP contribution in [0.5, 0.6) is 0 Å². The lowest BCUT2D eigenvalue weighted by atomic mass is 9.98. The largest absolute Gasteiger partial charge is 0.277 e. The van der Waals surface area contributed by atoms with E-state index in [0.29, 0.717) is 5.95 Å². The second-order valence-corrected chi connectivity index (χ2v) is 15.8. The zero-order valence-corrected chi connectivity index (χ0v) is 29.9. The highest BCUT2D eigenvalue weighted by molar-refractivity contribution is 7.26. The van der Waals surface area contributed by atoms with Crippen LogP contribution in [0.2, 0.25) is 0 Å². The second kappa shape index (κ2) is 11.1. The van der Waals surface area contributed by atoms with E-state index in [0.717, 1.165) is 37.9 Å². The highest BCUT2D eigenvalue weighted by Gasteiger charge is 2.24. The molecule has 53 heavy (non-hydrogen) atoms. The first-order valence-corrected chi connectivity index (χ1v) is 19.5. The molecule has 12 aromatic rings. The Bertz CT molecular complexity index is 3460. The van der Waals surface area contributed by atoms with Gasteiger partial charge in [-0.25, -0.2) is 9.97 Å². The third-order valence-corrected chi connectivity index (χ3v) is 13.2. The fourth-order valence-electron chi connectivity index (χ4n) is 8.50. The summed E-state index contributed by atoms with van der Waals surface area (Å²) in [4.78, 5) is 11.1. The smallest absolute Gasteiger partial charge is 0.235 e. The molecular weight excluding hydrogens is 683 g/mol. The molecule has 0 amide bonds. The summed E-state index contributed by atoms with van der Waals surface area (Å²) >= 11 is 3.65. The number of aromatic nitrogens is 3. The van der Waals surface area contributed by atoms with E-state index in [1.807, 2.05) is 11.3 Å². The van der Waals surface area contributed by atoms with Gasteiger partial charge in [0.15, 0.2) is 0 Å². The summed E-state index contributed by atoms with van der Waals surface area (Å²) in [6.07, 6.45) is 0. The first kappa shape index (κ1) is 29.2. The van der Waals surface area contributed by atoms with Crippen molar-refractivity contribution < 1.29 is 0 Å². The summed E-state index contributed by atoms with van der Waals surface area (Å²) in [6.45, 7) is 0. The third-order valence-electron chi connectivity index (χ3n) is 10.8. The highest BCUT2D eigenvalue weighted by atomic mass is 32.1. The molecule has 246 valence electrons. The van der Waals surface area contributed by atoms with Crippen LogP contribution in [0.1, 0.15) is 0 Å². The highest BCUT2D eigenvalue weighted by Crippen LogP contribution is 2.47. The van der Waals surface area contributed by atoms with Gasteiger partial charge in [-0.2, -0.15) is 0 Å². The van der Waals surface area contributed by atoms with Crippen LogP contribution in [0.15, 0.2) is 164 Å². The molecular formula is C48H27N3S2. The molecule has 0 unspecified atom stereocenters. The first-order valence-electron chi connectivity index (χ1n) is 17.8. The average molecular weight is 710 g/mol. The van der Waals surface area contributed by atoms with Crippen molar-refractivity contribution in [2.45, 2.75) is 0 Å². The molecule has 0 saturated carbocycles. The van der Waals surface area contributed by atoms with Gasteiger partial charge < -0.3 is 0 Å². The van der Waals surface area contributed by atoms with E-state index in [-0.39, 0.29) is 0 Å². The number of para-hydroxylation sites is 1. The van der Waals surface area contributed by atoms with Crippen LogP contribution in [0, 0.1) is 0 Å².